The van der Waals surface area contributed by atoms with Crippen LogP contribution in [0.5, 0.6) is 0 Å². The first-order valence-electron chi connectivity index (χ1n) is 5.10. The molecule has 5 heteroatoms. The highest BCUT2D eigenvalue weighted by molar-refractivity contribution is 7.92. The average molecular weight is 242 g/mol. The summed E-state index contributed by atoms with van der Waals surface area (Å²) in [6.07, 6.45) is 1.19. The van der Waals surface area contributed by atoms with Crippen LogP contribution in [0.4, 0.5) is 5.69 Å². The van der Waals surface area contributed by atoms with Crippen molar-refractivity contribution in [1.29, 1.82) is 0 Å². The van der Waals surface area contributed by atoms with E-state index in [9.17, 15) is 8.42 Å². The Labute approximate surface area is 97.1 Å². The van der Waals surface area contributed by atoms with E-state index in [0.29, 0.717) is 18.8 Å². The van der Waals surface area contributed by atoms with E-state index in [1.54, 1.807) is 0 Å². The first-order valence-corrected chi connectivity index (χ1v) is 6.95. The Morgan fingerprint density at radius 3 is 2.06 bits per heavy atom. The average Bonchev–Trinajstić information content (AvgIpc) is 2.10. The number of hydrogen-bond acceptors (Lipinski definition) is 3. The number of nitrogens with zero attached hydrogens (tertiary/aromatic N) is 1. The number of benzene rings is 1. The molecule has 4 nitrogen and oxygen atoms in total. The summed E-state index contributed by atoms with van der Waals surface area (Å²) in [7, 11) is -3.26. The molecule has 0 aliphatic carbocycles. The summed E-state index contributed by atoms with van der Waals surface area (Å²) in [4.78, 5) is 0. The molecule has 0 radical (unpaired) electrons. The van der Waals surface area contributed by atoms with Gasteiger partial charge in [0.25, 0.3) is 0 Å². The van der Waals surface area contributed by atoms with Gasteiger partial charge in [0.1, 0.15) is 0 Å². The largest absolute Gasteiger partial charge is 0.329 e. The van der Waals surface area contributed by atoms with E-state index in [1.165, 1.54) is 10.6 Å². The molecule has 0 aliphatic heterocycles. The lowest BCUT2D eigenvalue weighted by Gasteiger charge is -2.22. The highest BCUT2D eigenvalue weighted by atomic mass is 32.2. The second kappa shape index (κ2) is 4.84. The second-order valence-corrected chi connectivity index (χ2v) is 5.88. The van der Waals surface area contributed by atoms with Crippen LogP contribution in [0, 0.1) is 13.8 Å². The van der Waals surface area contributed by atoms with E-state index < -0.39 is 10.0 Å². The normalized spacial score (nSPS) is 11.5. The summed E-state index contributed by atoms with van der Waals surface area (Å²) in [6.45, 7) is 4.50. The predicted octanol–water partition coefficient (Wildman–Crippen LogP) is 1.03. The molecule has 1 aromatic carbocycles. The molecule has 0 amide bonds. The van der Waals surface area contributed by atoms with Gasteiger partial charge in [0.15, 0.2) is 0 Å². The number of sulfonamides is 1. The minimum Gasteiger partial charge on any atom is -0.329 e. The molecule has 1 rings (SSSR count). The fourth-order valence-electron chi connectivity index (χ4n) is 1.70. The summed E-state index contributed by atoms with van der Waals surface area (Å²) < 4.78 is 24.6. The Kier molecular flexibility index (Phi) is 3.93. The third-order valence-electron chi connectivity index (χ3n) is 2.23. The molecule has 16 heavy (non-hydrogen) atoms. The zero-order valence-corrected chi connectivity index (χ0v) is 10.7. The van der Waals surface area contributed by atoms with Crippen LogP contribution in [0.2, 0.25) is 0 Å². The summed E-state index contributed by atoms with van der Waals surface area (Å²) in [5.41, 5.74) is 8.20. The Morgan fingerprint density at radius 1 is 1.19 bits per heavy atom. The van der Waals surface area contributed by atoms with Crippen LogP contribution in [0.15, 0.2) is 18.2 Å². The van der Waals surface area contributed by atoms with Crippen molar-refractivity contribution in [2.24, 2.45) is 5.73 Å². The van der Waals surface area contributed by atoms with Crippen LogP contribution in [0.3, 0.4) is 0 Å². The molecule has 0 heterocycles. The molecule has 0 bridgehead atoms. The van der Waals surface area contributed by atoms with E-state index in [0.717, 1.165) is 11.1 Å². The van der Waals surface area contributed by atoms with Crippen molar-refractivity contribution in [3.8, 4) is 0 Å². The van der Waals surface area contributed by atoms with Crippen molar-refractivity contribution in [2.75, 3.05) is 23.7 Å². The molecular weight excluding hydrogens is 224 g/mol. The van der Waals surface area contributed by atoms with Crippen molar-refractivity contribution in [3.63, 3.8) is 0 Å². The lowest BCUT2D eigenvalue weighted by molar-refractivity contribution is 0.597. The summed E-state index contributed by atoms with van der Waals surface area (Å²) in [6, 6.07) is 5.71. The molecule has 0 fully saturated rings. The van der Waals surface area contributed by atoms with Crippen LogP contribution in [-0.2, 0) is 10.0 Å². The van der Waals surface area contributed by atoms with Crippen LogP contribution in [0.25, 0.3) is 0 Å². The molecule has 2 N–H and O–H groups in total. The van der Waals surface area contributed by atoms with Gasteiger partial charge in [0.05, 0.1) is 11.9 Å². The van der Waals surface area contributed by atoms with Crippen molar-refractivity contribution in [1.82, 2.24) is 0 Å². The van der Waals surface area contributed by atoms with E-state index in [-0.39, 0.29) is 0 Å². The number of rotatable bonds is 4. The minimum absolute atomic E-state index is 0.306. The number of hydrogen-bond donors (Lipinski definition) is 1. The van der Waals surface area contributed by atoms with E-state index in [2.05, 4.69) is 0 Å². The van der Waals surface area contributed by atoms with Crippen molar-refractivity contribution >= 4 is 15.7 Å². The fourth-order valence-corrected chi connectivity index (χ4v) is 2.62. The summed E-state index contributed by atoms with van der Waals surface area (Å²) >= 11 is 0. The zero-order chi connectivity index (χ0) is 12.3. The fraction of sp³-hybridized carbons (Fsp3) is 0.455. The number of aryl methyl sites for hydroxylation is 2. The molecule has 0 aromatic heterocycles. The van der Waals surface area contributed by atoms with Gasteiger partial charge in [-0.25, -0.2) is 8.42 Å². The maximum atomic E-state index is 11.6. The minimum atomic E-state index is -3.26. The van der Waals surface area contributed by atoms with E-state index in [1.807, 2.05) is 32.0 Å². The second-order valence-electron chi connectivity index (χ2n) is 3.97. The predicted molar refractivity (Wildman–Crippen MR) is 67.2 cm³/mol. The van der Waals surface area contributed by atoms with Gasteiger partial charge in [-0.15, -0.1) is 0 Å². The Morgan fingerprint density at radius 2 is 1.69 bits per heavy atom. The standard InChI is InChI=1S/C11H18N2O2S/c1-9-6-10(2)8-11(7-9)13(5-4-12)16(3,14)15/h6-8H,4-5,12H2,1-3H3. The third kappa shape index (κ3) is 3.21. The van der Waals surface area contributed by atoms with Crippen molar-refractivity contribution < 1.29 is 8.42 Å². The van der Waals surface area contributed by atoms with Crippen LogP contribution >= 0.6 is 0 Å². The zero-order valence-electron chi connectivity index (χ0n) is 9.90. The topological polar surface area (TPSA) is 63.4 Å². The lowest BCUT2D eigenvalue weighted by Crippen LogP contribution is -2.34. The van der Waals surface area contributed by atoms with Crippen molar-refractivity contribution in [2.45, 2.75) is 13.8 Å². The molecule has 0 unspecified atom stereocenters. The Balaban J connectivity index is 3.21. The molecule has 0 saturated heterocycles. The van der Waals surface area contributed by atoms with Crippen molar-refractivity contribution in [3.05, 3.63) is 29.3 Å². The van der Waals surface area contributed by atoms with Crippen LogP contribution in [0.1, 0.15) is 11.1 Å². The molecule has 0 aliphatic rings. The maximum Gasteiger partial charge on any atom is 0.232 e. The van der Waals surface area contributed by atoms with Gasteiger partial charge in [-0.05, 0) is 37.1 Å². The molecule has 0 atom stereocenters. The summed E-state index contributed by atoms with van der Waals surface area (Å²) in [5.74, 6) is 0. The molecule has 90 valence electrons. The molecule has 0 saturated carbocycles. The molecule has 1 aromatic rings. The van der Waals surface area contributed by atoms with Crippen LogP contribution in [-0.4, -0.2) is 27.8 Å². The van der Waals surface area contributed by atoms with E-state index >= 15 is 0 Å². The maximum absolute atomic E-state index is 11.6. The first-order chi connectivity index (χ1) is 7.34. The van der Waals surface area contributed by atoms with Gasteiger partial charge in [-0.3, -0.25) is 4.31 Å². The Hall–Kier alpha value is -1.07. The summed E-state index contributed by atoms with van der Waals surface area (Å²) in [5, 5.41) is 0. The highest BCUT2D eigenvalue weighted by Gasteiger charge is 2.16. The van der Waals surface area contributed by atoms with Crippen LogP contribution < -0.4 is 10.0 Å². The van der Waals surface area contributed by atoms with E-state index in [4.69, 9.17) is 5.73 Å². The van der Waals surface area contributed by atoms with Gasteiger partial charge in [0.2, 0.25) is 10.0 Å². The molecular formula is C11H18N2O2S. The number of anilines is 1. The van der Waals surface area contributed by atoms with Gasteiger partial charge >= 0.3 is 0 Å². The quantitative estimate of drug-likeness (QED) is 0.857. The lowest BCUT2D eigenvalue weighted by atomic mass is 10.1. The Bertz CT molecular complexity index is 449. The monoisotopic (exact) mass is 242 g/mol. The van der Waals surface area contributed by atoms with Gasteiger partial charge in [0, 0.05) is 13.1 Å². The third-order valence-corrected chi connectivity index (χ3v) is 3.42. The van der Waals surface area contributed by atoms with Gasteiger partial charge in [-0.1, -0.05) is 6.07 Å². The van der Waals surface area contributed by atoms with Gasteiger partial charge in [-0.2, -0.15) is 0 Å². The first kappa shape index (κ1) is 13.0. The SMILES string of the molecule is Cc1cc(C)cc(N(CCN)S(C)(=O)=O)c1. The van der Waals surface area contributed by atoms with Gasteiger partial charge < -0.3 is 5.73 Å². The smallest absolute Gasteiger partial charge is 0.232 e. The molecule has 0 spiro atoms. The highest BCUT2D eigenvalue weighted by Crippen LogP contribution is 2.20. The number of nitrogens with two attached hydrogens (primary N) is 1.